The van der Waals surface area contributed by atoms with E-state index in [1.807, 2.05) is 0 Å². The first-order valence-electron chi connectivity index (χ1n) is 10.5. The van der Waals surface area contributed by atoms with Crippen molar-refractivity contribution in [3.63, 3.8) is 0 Å². The van der Waals surface area contributed by atoms with Crippen LogP contribution in [0.25, 0.3) is 0 Å². The minimum absolute atomic E-state index is 0.339. The Bertz CT molecular complexity index is 480. The molecule has 0 saturated carbocycles. The van der Waals surface area contributed by atoms with E-state index in [-0.39, 0.29) is 0 Å². The third-order valence-electron chi connectivity index (χ3n) is 5.10. The van der Waals surface area contributed by atoms with Gasteiger partial charge in [0.2, 0.25) is 0 Å². The highest BCUT2D eigenvalue weighted by Crippen LogP contribution is 2.22. The van der Waals surface area contributed by atoms with Crippen molar-refractivity contribution >= 4 is 5.91 Å². The van der Waals surface area contributed by atoms with Crippen LogP contribution in [0.15, 0.2) is 0 Å². The quantitative estimate of drug-likeness (QED) is 0.133. The van der Waals surface area contributed by atoms with Crippen LogP contribution < -0.4 is 5.32 Å². The lowest BCUT2D eigenvalue weighted by Crippen LogP contribution is -2.59. The molecule has 11 heteroatoms. The van der Waals surface area contributed by atoms with Crippen molar-refractivity contribution in [2.45, 2.75) is 94.5 Å². The Morgan fingerprint density at radius 1 is 1.00 bits per heavy atom. The number of nitrogens with one attached hydrogen (secondary N) is 1. The number of hydrogen-bond donors (Lipinski definition) is 8. The monoisotopic (exact) mass is 439 g/mol. The average Bonchev–Trinajstić information content (AvgIpc) is 2.74. The predicted octanol–water partition coefficient (Wildman–Crippen LogP) is -2.64. The number of hydrogen-bond acceptors (Lipinski definition) is 10. The second kappa shape index (κ2) is 14.2. The molecule has 0 aliphatic carbocycles. The lowest BCUT2D eigenvalue weighted by atomic mass is 9.99. The molecule has 0 aromatic heterocycles. The van der Waals surface area contributed by atoms with Gasteiger partial charge >= 0.3 is 0 Å². The van der Waals surface area contributed by atoms with Gasteiger partial charge in [-0.25, -0.2) is 0 Å². The zero-order valence-corrected chi connectivity index (χ0v) is 17.3. The van der Waals surface area contributed by atoms with Gasteiger partial charge in [0.25, 0.3) is 5.91 Å². The highest BCUT2D eigenvalue weighted by molar-refractivity contribution is 5.81. The molecule has 1 heterocycles. The van der Waals surface area contributed by atoms with E-state index in [1.54, 1.807) is 0 Å². The third-order valence-corrected chi connectivity index (χ3v) is 5.10. The molecule has 30 heavy (non-hydrogen) atoms. The highest BCUT2D eigenvalue weighted by atomic mass is 16.7. The largest absolute Gasteiger partial charge is 0.394 e. The number of carbonyl (C=O) groups is 1. The van der Waals surface area contributed by atoms with Gasteiger partial charge in [-0.2, -0.15) is 0 Å². The van der Waals surface area contributed by atoms with Crippen LogP contribution in [0.1, 0.15) is 45.4 Å². The Labute approximate surface area is 176 Å². The van der Waals surface area contributed by atoms with E-state index >= 15 is 0 Å². The number of carbonyl (C=O) groups excluding carboxylic acids is 1. The Balaban J connectivity index is 2.36. The molecule has 0 aromatic carbocycles. The Kier molecular flexibility index (Phi) is 12.9. The molecular formula is C19H37NO10. The predicted molar refractivity (Wildman–Crippen MR) is 104 cm³/mol. The van der Waals surface area contributed by atoms with Gasteiger partial charge < -0.3 is 50.5 Å². The summed E-state index contributed by atoms with van der Waals surface area (Å²) in [7, 11) is 0. The standard InChI is InChI=1S/C19H37NO10/c1-2-3-4-5-6-7-8-20-18(28)16(26)13(23)11(22)10-29-19-17(27)15(25)14(24)12(9-21)30-19/h11-17,19,21-27H,2-10H2,1H3,(H,20,28)/t11-,12-,13-,14-,15+,16+,17-,19+/m1/s1. The molecule has 8 atom stereocenters. The summed E-state index contributed by atoms with van der Waals surface area (Å²) in [5.41, 5.74) is 0. The van der Waals surface area contributed by atoms with E-state index in [0.29, 0.717) is 6.54 Å². The number of aliphatic hydroxyl groups excluding tert-OH is 7. The van der Waals surface area contributed by atoms with Crippen molar-refractivity contribution in [3.05, 3.63) is 0 Å². The summed E-state index contributed by atoms with van der Waals surface area (Å²) >= 11 is 0. The molecule has 0 bridgehead atoms. The van der Waals surface area contributed by atoms with Gasteiger partial charge in [0.1, 0.15) is 36.6 Å². The molecule has 1 fully saturated rings. The summed E-state index contributed by atoms with van der Waals surface area (Å²) in [4.78, 5) is 11.9. The number of amides is 1. The summed E-state index contributed by atoms with van der Waals surface area (Å²) in [6, 6.07) is 0. The van der Waals surface area contributed by atoms with Gasteiger partial charge in [-0.15, -0.1) is 0 Å². The van der Waals surface area contributed by atoms with Gasteiger partial charge in [0.15, 0.2) is 12.4 Å². The van der Waals surface area contributed by atoms with Crippen LogP contribution in [-0.2, 0) is 14.3 Å². The maximum Gasteiger partial charge on any atom is 0.251 e. The molecule has 1 saturated heterocycles. The number of rotatable bonds is 14. The summed E-state index contributed by atoms with van der Waals surface area (Å²) in [5.74, 6) is -0.831. The maximum atomic E-state index is 11.9. The molecule has 1 amide bonds. The molecule has 0 unspecified atom stereocenters. The summed E-state index contributed by atoms with van der Waals surface area (Å²) in [6.45, 7) is 1.17. The number of aliphatic hydroxyl groups is 7. The van der Waals surface area contributed by atoms with Crippen molar-refractivity contribution in [2.24, 2.45) is 0 Å². The van der Waals surface area contributed by atoms with E-state index in [0.717, 1.165) is 32.1 Å². The summed E-state index contributed by atoms with van der Waals surface area (Å²) < 4.78 is 10.2. The molecule has 0 radical (unpaired) electrons. The van der Waals surface area contributed by atoms with Crippen LogP contribution in [0.3, 0.4) is 0 Å². The zero-order valence-electron chi connectivity index (χ0n) is 17.3. The lowest BCUT2D eigenvalue weighted by Gasteiger charge is -2.40. The number of ether oxygens (including phenoxy) is 2. The van der Waals surface area contributed by atoms with Crippen LogP contribution in [0.2, 0.25) is 0 Å². The minimum Gasteiger partial charge on any atom is -0.394 e. The molecule has 11 nitrogen and oxygen atoms in total. The third kappa shape index (κ3) is 8.33. The van der Waals surface area contributed by atoms with E-state index in [4.69, 9.17) is 14.6 Å². The molecule has 8 N–H and O–H groups in total. The second-order valence-electron chi connectivity index (χ2n) is 7.59. The van der Waals surface area contributed by atoms with E-state index in [1.165, 1.54) is 6.42 Å². The van der Waals surface area contributed by atoms with Gasteiger partial charge in [-0.05, 0) is 6.42 Å². The summed E-state index contributed by atoms with van der Waals surface area (Å²) in [5, 5.41) is 70.7. The van der Waals surface area contributed by atoms with Crippen LogP contribution in [0.5, 0.6) is 0 Å². The first-order valence-corrected chi connectivity index (χ1v) is 10.5. The summed E-state index contributed by atoms with van der Waals surface area (Å²) in [6.07, 6.45) is -6.84. The van der Waals surface area contributed by atoms with Crippen LogP contribution >= 0.6 is 0 Å². The van der Waals surface area contributed by atoms with Gasteiger partial charge in [-0.1, -0.05) is 39.0 Å². The fourth-order valence-electron chi connectivity index (χ4n) is 3.08. The average molecular weight is 440 g/mol. The van der Waals surface area contributed by atoms with Crippen molar-refractivity contribution in [2.75, 3.05) is 19.8 Å². The normalized spacial score (nSPS) is 29.9. The molecule has 1 rings (SSSR count). The van der Waals surface area contributed by atoms with Gasteiger partial charge in [-0.3, -0.25) is 4.79 Å². The van der Waals surface area contributed by atoms with E-state index < -0.39 is 68.1 Å². The van der Waals surface area contributed by atoms with Crippen molar-refractivity contribution in [1.29, 1.82) is 0 Å². The Hall–Kier alpha value is -0.890. The minimum atomic E-state index is -1.89. The van der Waals surface area contributed by atoms with Gasteiger partial charge in [0, 0.05) is 6.54 Å². The molecule has 178 valence electrons. The van der Waals surface area contributed by atoms with Crippen molar-refractivity contribution < 1.29 is 50.0 Å². The SMILES string of the molecule is CCCCCCCCNC(=O)[C@@H](O)[C@H](O)[C@H](O)CO[C@H]1O[C@H](CO)[C@@H](O)[C@H](O)[C@H]1O. The van der Waals surface area contributed by atoms with E-state index in [9.17, 15) is 35.4 Å². The fourth-order valence-corrected chi connectivity index (χ4v) is 3.08. The number of unbranched alkanes of at least 4 members (excludes halogenated alkanes) is 5. The molecule has 1 aliphatic heterocycles. The Morgan fingerprint density at radius 2 is 1.63 bits per heavy atom. The van der Waals surface area contributed by atoms with Crippen LogP contribution in [-0.4, -0.2) is 110 Å². The Morgan fingerprint density at radius 3 is 2.27 bits per heavy atom. The fraction of sp³-hybridized carbons (Fsp3) is 0.947. The van der Waals surface area contributed by atoms with Gasteiger partial charge in [0.05, 0.1) is 13.2 Å². The molecular weight excluding hydrogens is 402 g/mol. The first-order chi connectivity index (χ1) is 14.2. The smallest absolute Gasteiger partial charge is 0.251 e. The van der Waals surface area contributed by atoms with Crippen molar-refractivity contribution in [1.82, 2.24) is 5.32 Å². The lowest BCUT2D eigenvalue weighted by molar-refractivity contribution is -0.306. The van der Waals surface area contributed by atoms with E-state index in [2.05, 4.69) is 12.2 Å². The second-order valence-corrected chi connectivity index (χ2v) is 7.59. The highest BCUT2D eigenvalue weighted by Gasteiger charge is 2.44. The molecule has 0 spiro atoms. The zero-order chi connectivity index (χ0) is 22.7. The molecule has 0 aromatic rings. The van der Waals surface area contributed by atoms with Crippen LogP contribution in [0, 0.1) is 0 Å². The topological polar surface area (TPSA) is 189 Å². The van der Waals surface area contributed by atoms with Crippen molar-refractivity contribution in [3.8, 4) is 0 Å². The maximum absolute atomic E-state index is 11.9. The van der Waals surface area contributed by atoms with Crippen LogP contribution in [0.4, 0.5) is 0 Å². The molecule has 1 aliphatic rings. The first kappa shape index (κ1) is 27.1.